The van der Waals surface area contributed by atoms with Gasteiger partial charge in [0.25, 0.3) is 0 Å². The molecule has 4 heteroatoms. The van der Waals surface area contributed by atoms with Gasteiger partial charge in [-0.25, -0.2) is 0 Å². The molecule has 1 rings (SSSR count). The van der Waals surface area contributed by atoms with Crippen molar-refractivity contribution in [1.82, 2.24) is 5.32 Å². The molecule has 20 heavy (non-hydrogen) atoms. The van der Waals surface area contributed by atoms with Crippen molar-refractivity contribution in [3.63, 3.8) is 0 Å². The van der Waals surface area contributed by atoms with Gasteiger partial charge < -0.3 is 14.8 Å². The summed E-state index contributed by atoms with van der Waals surface area (Å²) < 4.78 is 10.3. The Bertz CT molecular complexity index is 401. The minimum atomic E-state index is -0.127. The second-order valence-corrected chi connectivity index (χ2v) is 4.33. The minimum absolute atomic E-state index is 0.127. The van der Waals surface area contributed by atoms with E-state index in [4.69, 9.17) is 9.47 Å². The molecule has 0 aliphatic carbocycles. The summed E-state index contributed by atoms with van der Waals surface area (Å²) in [6.07, 6.45) is 2.98. The zero-order valence-electron chi connectivity index (χ0n) is 12.1. The van der Waals surface area contributed by atoms with Crippen LogP contribution in [0.4, 0.5) is 0 Å². The van der Waals surface area contributed by atoms with Crippen LogP contribution in [-0.4, -0.2) is 25.7 Å². The fraction of sp³-hybridized carbons (Fsp3) is 0.438. The highest BCUT2D eigenvalue weighted by Gasteiger charge is 2.00. The van der Waals surface area contributed by atoms with Gasteiger partial charge in [-0.15, -0.1) is 0 Å². The lowest BCUT2D eigenvalue weighted by Gasteiger charge is -2.07. The molecule has 1 N–H and O–H groups in total. The smallest absolute Gasteiger partial charge is 0.305 e. The molecule has 0 aliphatic rings. The molecule has 0 saturated heterocycles. The van der Waals surface area contributed by atoms with Crippen LogP contribution in [0.2, 0.25) is 0 Å². The first-order valence-corrected chi connectivity index (χ1v) is 6.95. The first-order valence-electron chi connectivity index (χ1n) is 6.95. The maximum absolute atomic E-state index is 11.1. The van der Waals surface area contributed by atoms with Gasteiger partial charge in [-0.1, -0.05) is 24.8 Å². The number of benzene rings is 1. The van der Waals surface area contributed by atoms with Gasteiger partial charge in [-0.2, -0.15) is 0 Å². The van der Waals surface area contributed by atoms with E-state index in [1.165, 1.54) is 5.56 Å². The predicted molar refractivity (Wildman–Crippen MR) is 79.7 cm³/mol. The SMILES string of the molecule is C=CCOc1ccc(CNCCCC(=O)OCC)cc1. The molecule has 1 aromatic carbocycles. The predicted octanol–water partition coefficient (Wildman–Crippen LogP) is 2.68. The van der Waals surface area contributed by atoms with Crippen molar-refractivity contribution in [1.29, 1.82) is 0 Å². The second-order valence-electron chi connectivity index (χ2n) is 4.33. The maximum atomic E-state index is 11.1. The first kappa shape index (κ1) is 16.2. The summed E-state index contributed by atoms with van der Waals surface area (Å²) in [5.74, 6) is 0.717. The monoisotopic (exact) mass is 277 g/mol. The molecule has 0 fully saturated rings. The van der Waals surface area contributed by atoms with Crippen molar-refractivity contribution >= 4 is 5.97 Å². The van der Waals surface area contributed by atoms with Crippen molar-refractivity contribution in [2.24, 2.45) is 0 Å². The zero-order valence-corrected chi connectivity index (χ0v) is 12.1. The van der Waals surface area contributed by atoms with Crippen LogP contribution in [0.25, 0.3) is 0 Å². The minimum Gasteiger partial charge on any atom is -0.490 e. The van der Waals surface area contributed by atoms with Crippen LogP contribution in [0.1, 0.15) is 25.3 Å². The normalized spacial score (nSPS) is 10.1. The highest BCUT2D eigenvalue weighted by atomic mass is 16.5. The Morgan fingerprint density at radius 2 is 2.10 bits per heavy atom. The van der Waals surface area contributed by atoms with Gasteiger partial charge >= 0.3 is 5.97 Å². The van der Waals surface area contributed by atoms with Crippen molar-refractivity contribution in [3.05, 3.63) is 42.5 Å². The van der Waals surface area contributed by atoms with Crippen molar-refractivity contribution in [3.8, 4) is 5.75 Å². The topological polar surface area (TPSA) is 47.6 Å². The third-order valence-corrected chi connectivity index (χ3v) is 2.66. The van der Waals surface area contributed by atoms with E-state index in [1.54, 1.807) is 6.08 Å². The van der Waals surface area contributed by atoms with E-state index < -0.39 is 0 Å². The first-order chi connectivity index (χ1) is 9.76. The molecule has 110 valence electrons. The largest absolute Gasteiger partial charge is 0.490 e. The molecule has 1 aromatic rings. The number of esters is 1. The van der Waals surface area contributed by atoms with E-state index in [-0.39, 0.29) is 5.97 Å². The average molecular weight is 277 g/mol. The van der Waals surface area contributed by atoms with Crippen LogP contribution in [0.3, 0.4) is 0 Å². The summed E-state index contributed by atoms with van der Waals surface area (Å²) in [6.45, 7) is 7.98. The number of hydrogen-bond donors (Lipinski definition) is 1. The van der Waals surface area contributed by atoms with E-state index in [2.05, 4.69) is 11.9 Å². The van der Waals surface area contributed by atoms with E-state index in [1.807, 2.05) is 31.2 Å². The summed E-state index contributed by atoms with van der Waals surface area (Å²) in [7, 11) is 0. The summed E-state index contributed by atoms with van der Waals surface area (Å²) >= 11 is 0. The van der Waals surface area contributed by atoms with Gasteiger partial charge in [-0.05, 0) is 37.6 Å². The second kappa shape index (κ2) is 10.0. The molecule has 0 atom stereocenters. The number of rotatable bonds is 10. The van der Waals surface area contributed by atoms with Gasteiger partial charge in [0.05, 0.1) is 6.61 Å². The Kier molecular flexibility index (Phi) is 8.15. The highest BCUT2D eigenvalue weighted by Crippen LogP contribution is 2.11. The molecular weight excluding hydrogens is 254 g/mol. The number of nitrogens with one attached hydrogen (secondary N) is 1. The molecule has 0 unspecified atom stereocenters. The van der Waals surface area contributed by atoms with Gasteiger partial charge in [-0.3, -0.25) is 4.79 Å². The summed E-state index contributed by atoms with van der Waals surface area (Å²) in [6, 6.07) is 7.94. The number of carbonyl (C=O) groups excluding carboxylic acids is 1. The Morgan fingerprint density at radius 1 is 1.35 bits per heavy atom. The van der Waals surface area contributed by atoms with Gasteiger partial charge in [0.15, 0.2) is 0 Å². The van der Waals surface area contributed by atoms with E-state index in [9.17, 15) is 4.79 Å². The molecule has 0 saturated carbocycles. The number of hydrogen-bond acceptors (Lipinski definition) is 4. The Balaban J connectivity index is 2.15. The van der Waals surface area contributed by atoms with Crippen LogP contribution in [-0.2, 0) is 16.1 Å². The molecule has 0 bridgehead atoms. The zero-order chi connectivity index (χ0) is 14.6. The van der Waals surface area contributed by atoms with Crippen molar-refractivity contribution in [2.45, 2.75) is 26.3 Å². The summed E-state index contributed by atoms with van der Waals surface area (Å²) in [4.78, 5) is 11.1. The molecule has 0 heterocycles. The van der Waals surface area contributed by atoms with Crippen LogP contribution >= 0.6 is 0 Å². The third kappa shape index (κ3) is 6.95. The quantitative estimate of drug-likeness (QED) is 0.406. The number of ether oxygens (including phenoxy) is 2. The third-order valence-electron chi connectivity index (χ3n) is 2.66. The van der Waals surface area contributed by atoms with Gasteiger partial charge in [0, 0.05) is 13.0 Å². The van der Waals surface area contributed by atoms with Crippen LogP contribution < -0.4 is 10.1 Å². The Morgan fingerprint density at radius 3 is 2.75 bits per heavy atom. The molecule has 0 aromatic heterocycles. The fourth-order valence-corrected chi connectivity index (χ4v) is 1.68. The lowest BCUT2D eigenvalue weighted by molar-refractivity contribution is -0.143. The number of carbonyl (C=O) groups is 1. The average Bonchev–Trinajstić information content (AvgIpc) is 2.46. The van der Waals surface area contributed by atoms with Crippen LogP contribution in [0.15, 0.2) is 36.9 Å². The van der Waals surface area contributed by atoms with Crippen molar-refractivity contribution < 1.29 is 14.3 Å². The lowest BCUT2D eigenvalue weighted by atomic mass is 10.2. The van der Waals surface area contributed by atoms with Crippen LogP contribution in [0, 0.1) is 0 Å². The van der Waals surface area contributed by atoms with E-state index in [0.717, 1.165) is 25.3 Å². The molecule has 0 aliphatic heterocycles. The Hall–Kier alpha value is -1.81. The van der Waals surface area contributed by atoms with Crippen molar-refractivity contribution in [2.75, 3.05) is 19.8 Å². The molecule has 0 amide bonds. The van der Waals surface area contributed by atoms with Gasteiger partial charge in [0.1, 0.15) is 12.4 Å². The molecule has 0 spiro atoms. The maximum Gasteiger partial charge on any atom is 0.305 e. The molecule has 0 radical (unpaired) electrons. The fourth-order valence-electron chi connectivity index (χ4n) is 1.68. The van der Waals surface area contributed by atoms with Gasteiger partial charge in [0.2, 0.25) is 0 Å². The highest BCUT2D eigenvalue weighted by molar-refractivity contribution is 5.69. The van der Waals surface area contributed by atoms with Crippen LogP contribution in [0.5, 0.6) is 5.75 Å². The van der Waals surface area contributed by atoms with E-state index in [0.29, 0.717) is 19.6 Å². The molecular formula is C16H23NO3. The van der Waals surface area contributed by atoms with E-state index >= 15 is 0 Å². The molecule has 4 nitrogen and oxygen atoms in total. The standard InChI is InChI=1S/C16H23NO3/c1-3-12-20-15-9-7-14(8-10-15)13-17-11-5-6-16(18)19-4-2/h3,7-10,17H,1,4-6,11-13H2,2H3. The Labute approximate surface area is 120 Å². The lowest BCUT2D eigenvalue weighted by Crippen LogP contribution is -2.16. The summed E-state index contributed by atoms with van der Waals surface area (Å²) in [5, 5.41) is 3.30. The summed E-state index contributed by atoms with van der Waals surface area (Å²) in [5.41, 5.74) is 1.19.